The first-order valence-electron chi connectivity index (χ1n) is 4.38. The summed E-state index contributed by atoms with van der Waals surface area (Å²) in [4.78, 5) is 15.7. The summed E-state index contributed by atoms with van der Waals surface area (Å²) in [5.74, 6) is 0.193. The number of hydroxylamine groups is 1. The third-order valence-electron chi connectivity index (χ3n) is 1.68. The summed E-state index contributed by atoms with van der Waals surface area (Å²) in [5, 5.41) is 0.562. The lowest BCUT2D eigenvalue weighted by atomic mass is 10.3. The monoisotopic (exact) mass is 229 g/mol. The van der Waals surface area contributed by atoms with E-state index in [4.69, 9.17) is 16.3 Å². The average Bonchev–Trinajstić information content (AvgIpc) is 2.18. The smallest absolute Gasteiger partial charge is 0.284 e. The number of benzene rings is 1. The summed E-state index contributed by atoms with van der Waals surface area (Å²) >= 11 is 5.76. The maximum Gasteiger partial charge on any atom is 0.284 e. The average molecular weight is 230 g/mol. The third kappa shape index (κ3) is 3.77. The highest BCUT2D eigenvalue weighted by atomic mass is 35.5. The first-order chi connectivity index (χ1) is 7.13. The van der Waals surface area contributed by atoms with Gasteiger partial charge in [0.1, 0.15) is 5.75 Å². The fourth-order valence-corrected chi connectivity index (χ4v) is 1.16. The SMILES string of the molecule is CONC(=O)C(C)Oc1cccc(Cl)c1. The molecule has 0 aromatic heterocycles. The molecule has 0 fully saturated rings. The Bertz CT molecular complexity index is 343. The van der Waals surface area contributed by atoms with Crippen LogP contribution < -0.4 is 10.2 Å². The van der Waals surface area contributed by atoms with Gasteiger partial charge in [-0.25, -0.2) is 5.48 Å². The van der Waals surface area contributed by atoms with Crippen LogP contribution in [0.3, 0.4) is 0 Å². The van der Waals surface area contributed by atoms with Crippen LogP contribution >= 0.6 is 11.6 Å². The molecule has 1 aromatic rings. The zero-order valence-corrected chi connectivity index (χ0v) is 9.25. The van der Waals surface area contributed by atoms with E-state index in [9.17, 15) is 4.79 Å². The van der Waals surface area contributed by atoms with E-state index in [1.165, 1.54) is 7.11 Å². The maximum absolute atomic E-state index is 11.2. The lowest BCUT2D eigenvalue weighted by Gasteiger charge is -2.13. The summed E-state index contributed by atoms with van der Waals surface area (Å²) in [5.41, 5.74) is 2.18. The van der Waals surface area contributed by atoms with E-state index in [0.29, 0.717) is 10.8 Å². The van der Waals surface area contributed by atoms with Gasteiger partial charge < -0.3 is 4.74 Å². The molecule has 82 valence electrons. The first-order valence-corrected chi connectivity index (χ1v) is 4.76. The van der Waals surface area contributed by atoms with E-state index in [-0.39, 0.29) is 5.91 Å². The molecule has 0 saturated carbocycles. The predicted molar refractivity (Wildman–Crippen MR) is 56.7 cm³/mol. The number of carbonyl (C=O) groups excluding carboxylic acids is 1. The number of nitrogens with one attached hydrogen (secondary N) is 1. The van der Waals surface area contributed by atoms with E-state index >= 15 is 0 Å². The summed E-state index contributed by atoms with van der Waals surface area (Å²) in [6, 6.07) is 6.84. The van der Waals surface area contributed by atoms with Crippen LogP contribution in [0.15, 0.2) is 24.3 Å². The number of hydrogen-bond donors (Lipinski definition) is 1. The molecule has 0 saturated heterocycles. The second-order valence-electron chi connectivity index (χ2n) is 2.89. The molecule has 1 amide bonds. The van der Waals surface area contributed by atoms with Crippen molar-refractivity contribution in [3.63, 3.8) is 0 Å². The normalized spacial score (nSPS) is 11.9. The number of halogens is 1. The van der Waals surface area contributed by atoms with Gasteiger partial charge in [0.25, 0.3) is 5.91 Å². The fourth-order valence-electron chi connectivity index (χ4n) is 0.982. The van der Waals surface area contributed by atoms with Crippen LogP contribution in [0.1, 0.15) is 6.92 Å². The molecular formula is C10H12ClNO3. The molecule has 1 N–H and O–H groups in total. The van der Waals surface area contributed by atoms with Gasteiger partial charge >= 0.3 is 0 Å². The van der Waals surface area contributed by atoms with Crippen molar-refractivity contribution >= 4 is 17.5 Å². The molecule has 1 atom stereocenters. The van der Waals surface area contributed by atoms with Crippen LogP contribution in [-0.4, -0.2) is 19.1 Å². The van der Waals surface area contributed by atoms with Gasteiger partial charge in [-0.1, -0.05) is 17.7 Å². The van der Waals surface area contributed by atoms with Gasteiger partial charge in [0.05, 0.1) is 7.11 Å². The second-order valence-corrected chi connectivity index (χ2v) is 3.32. The van der Waals surface area contributed by atoms with Crippen LogP contribution in [0.5, 0.6) is 5.75 Å². The molecule has 5 heteroatoms. The molecule has 0 aliphatic rings. The summed E-state index contributed by atoms with van der Waals surface area (Å²) in [6.45, 7) is 1.62. The minimum absolute atomic E-state index is 0.350. The highest BCUT2D eigenvalue weighted by Crippen LogP contribution is 2.18. The van der Waals surface area contributed by atoms with E-state index < -0.39 is 6.10 Å². The number of carbonyl (C=O) groups is 1. The minimum Gasteiger partial charge on any atom is -0.481 e. The van der Waals surface area contributed by atoms with Crippen molar-refractivity contribution in [2.24, 2.45) is 0 Å². The molecule has 4 nitrogen and oxygen atoms in total. The lowest BCUT2D eigenvalue weighted by molar-refractivity contribution is -0.137. The molecule has 0 heterocycles. The molecule has 1 unspecified atom stereocenters. The minimum atomic E-state index is -0.636. The van der Waals surface area contributed by atoms with Gasteiger partial charge in [0.15, 0.2) is 6.10 Å². The quantitative estimate of drug-likeness (QED) is 0.801. The topological polar surface area (TPSA) is 47.6 Å². The Hall–Kier alpha value is -1.26. The molecule has 0 aliphatic carbocycles. The Balaban J connectivity index is 2.58. The molecule has 1 rings (SSSR count). The molecule has 15 heavy (non-hydrogen) atoms. The van der Waals surface area contributed by atoms with E-state index in [2.05, 4.69) is 10.3 Å². The Morgan fingerprint density at radius 1 is 1.53 bits per heavy atom. The van der Waals surface area contributed by atoms with E-state index in [1.807, 2.05) is 0 Å². The highest BCUT2D eigenvalue weighted by Gasteiger charge is 2.13. The molecule has 0 spiro atoms. The molecule has 0 radical (unpaired) electrons. The van der Waals surface area contributed by atoms with Crippen molar-refractivity contribution in [3.8, 4) is 5.75 Å². The van der Waals surface area contributed by atoms with Gasteiger partial charge in [-0.15, -0.1) is 0 Å². The van der Waals surface area contributed by atoms with Crippen molar-refractivity contribution in [3.05, 3.63) is 29.3 Å². The van der Waals surface area contributed by atoms with Crippen LogP contribution in [0.4, 0.5) is 0 Å². The van der Waals surface area contributed by atoms with Crippen molar-refractivity contribution in [2.45, 2.75) is 13.0 Å². The van der Waals surface area contributed by atoms with Gasteiger partial charge in [-0.2, -0.15) is 0 Å². The standard InChI is InChI=1S/C10H12ClNO3/c1-7(10(13)12-14-2)15-9-5-3-4-8(11)6-9/h3-7H,1-2H3,(H,12,13). The van der Waals surface area contributed by atoms with Gasteiger partial charge in [-0.05, 0) is 25.1 Å². The van der Waals surface area contributed by atoms with Crippen molar-refractivity contribution < 1.29 is 14.4 Å². The molecular weight excluding hydrogens is 218 g/mol. The Labute approximate surface area is 93.1 Å². The number of amides is 1. The van der Waals surface area contributed by atoms with Crippen LogP contribution in [-0.2, 0) is 9.63 Å². The zero-order chi connectivity index (χ0) is 11.3. The van der Waals surface area contributed by atoms with Crippen LogP contribution in [0, 0.1) is 0 Å². The summed E-state index contributed by atoms with van der Waals surface area (Å²) in [6.07, 6.45) is -0.636. The van der Waals surface area contributed by atoms with E-state index in [0.717, 1.165) is 0 Å². The Kier molecular flexibility index (Phi) is 4.39. The predicted octanol–water partition coefficient (Wildman–Crippen LogP) is 1.78. The van der Waals surface area contributed by atoms with E-state index in [1.54, 1.807) is 31.2 Å². The van der Waals surface area contributed by atoms with Crippen LogP contribution in [0.2, 0.25) is 5.02 Å². The highest BCUT2D eigenvalue weighted by molar-refractivity contribution is 6.30. The summed E-state index contributed by atoms with van der Waals surface area (Å²) in [7, 11) is 1.37. The van der Waals surface area contributed by atoms with Gasteiger partial charge in [-0.3, -0.25) is 9.63 Å². The lowest BCUT2D eigenvalue weighted by Crippen LogP contribution is -2.35. The number of rotatable bonds is 4. The fraction of sp³-hybridized carbons (Fsp3) is 0.300. The van der Waals surface area contributed by atoms with Crippen LogP contribution in [0.25, 0.3) is 0 Å². The summed E-state index contributed by atoms with van der Waals surface area (Å²) < 4.78 is 5.33. The first kappa shape index (κ1) is 11.8. The molecule has 0 aliphatic heterocycles. The second kappa shape index (κ2) is 5.58. The number of ether oxygens (including phenoxy) is 1. The van der Waals surface area contributed by atoms with Crippen molar-refractivity contribution in [2.75, 3.05) is 7.11 Å². The number of hydrogen-bond acceptors (Lipinski definition) is 3. The molecule has 1 aromatic carbocycles. The van der Waals surface area contributed by atoms with Crippen molar-refractivity contribution in [1.29, 1.82) is 0 Å². The van der Waals surface area contributed by atoms with Crippen molar-refractivity contribution in [1.82, 2.24) is 5.48 Å². The largest absolute Gasteiger partial charge is 0.481 e. The Morgan fingerprint density at radius 2 is 2.27 bits per heavy atom. The van der Waals surface area contributed by atoms with Gasteiger partial charge in [0.2, 0.25) is 0 Å². The maximum atomic E-state index is 11.2. The Morgan fingerprint density at radius 3 is 2.87 bits per heavy atom. The zero-order valence-electron chi connectivity index (χ0n) is 8.49. The molecule has 0 bridgehead atoms. The van der Waals surface area contributed by atoms with Gasteiger partial charge in [0, 0.05) is 5.02 Å². The third-order valence-corrected chi connectivity index (χ3v) is 1.92.